The minimum atomic E-state index is -3.52. The van der Waals surface area contributed by atoms with Crippen molar-refractivity contribution in [2.24, 2.45) is 5.92 Å². The number of rotatable bonds is 5. The normalized spacial score (nSPS) is 23.4. The number of aromatic nitrogens is 2. The zero-order valence-electron chi connectivity index (χ0n) is 11.3. The van der Waals surface area contributed by atoms with Crippen LogP contribution in [0.3, 0.4) is 0 Å². The molecule has 2 rings (SSSR count). The van der Waals surface area contributed by atoms with Crippen LogP contribution in [0, 0.1) is 5.92 Å². The van der Waals surface area contributed by atoms with Gasteiger partial charge in [0.25, 0.3) is 0 Å². The molecule has 2 N–H and O–H groups in total. The zero-order valence-corrected chi connectivity index (χ0v) is 12.1. The van der Waals surface area contributed by atoms with Crippen molar-refractivity contribution in [3.63, 3.8) is 0 Å². The monoisotopic (exact) mass is 301 g/mol. The summed E-state index contributed by atoms with van der Waals surface area (Å²) in [4.78, 5) is 11.7. The Hall–Kier alpha value is -1.41. The van der Waals surface area contributed by atoms with Gasteiger partial charge in [-0.1, -0.05) is 0 Å². The molecular formula is C12H19N3O4S. The summed E-state index contributed by atoms with van der Waals surface area (Å²) in [5, 5.41) is 6.11. The molecule has 1 saturated carbocycles. The van der Waals surface area contributed by atoms with Gasteiger partial charge in [0.15, 0.2) is 0 Å². The van der Waals surface area contributed by atoms with Crippen molar-refractivity contribution in [3.05, 3.63) is 12.4 Å². The van der Waals surface area contributed by atoms with E-state index in [0.29, 0.717) is 32.3 Å². The van der Waals surface area contributed by atoms with Gasteiger partial charge in [-0.15, -0.1) is 0 Å². The number of hydrogen-bond acceptors (Lipinski definition) is 5. The zero-order chi connectivity index (χ0) is 14.6. The second-order valence-electron chi connectivity index (χ2n) is 4.86. The van der Waals surface area contributed by atoms with E-state index in [-0.39, 0.29) is 22.8 Å². The summed E-state index contributed by atoms with van der Waals surface area (Å²) in [6, 6.07) is -0.138. The lowest BCUT2D eigenvalue weighted by Crippen LogP contribution is -2.38. The number of nitrogens with one attached hydrogen (secondary N) is 2. The predicted molar refractivity (Wildman–Crippen MR) is 71.3 cm³/mol. The molecule has 0 atom stereocenters. The van der Waals surface area contributed by atoms with Crippen molar-refractivity contribution in [3.8, 4) is 0 Å². The quantitative estimate of drug-likeness (QED) is 0.784. The Labute approximate surface area is 118 Å². The van der Waals surface area contributed by atoms with Gasteiger partial charge in [0.2, 0.25) is 10.0 Å². The summed E-state index contributed by atoms with van der Waals surface area (Å²) in [6.07, 6.45) is 5.19. The average molecular weight is 301 g/mol. The predicted octanol–water partition coefficient (Wildman–Crippen LogP) is 0.810. The molecule has 112 valence electrons. The second-order valence-corrected chi connectivity index (χ2v) is 6.57. The van der Waals surface area contributed by atoms with Crippen molar-refractivity contribution in [2.45, 2.75) is 43.5 Å². The van der Waals surface area contributed by atoms with Gasteiger partial charge in [-0.25, -0.2) is 13.1 Å². The smallest absolute Gasteiger partial charge is 0.308 e. The number of aromatic amines is 1. The lowest BCUT2D eigenvalue weighted by atomic mass is 9.86. The van der Waals surface area contributed by atoms with Gasteiger partial charge in [0.05, 0.1) is 18.7 Å². The molecule has 0 radical (unpaired) electrons. The maximum absolute atomic E-state index is 12.0. The summed E-state index contributed by atoms with van der Waals surface area (Å²) in [5.41, 5.74) is 0. The number of carbonyl (C=O) groups excluding carboxylic acids is 1. The van der Waals surface area contributed by atoms with Crippen LogP contribution in [0.15, 0.2) is 17.3 Å². The highest BCUT2D eigenvalue weighted by Crippen LogP contribution is 2.26. The first-order valence-corrected chi connectivity index (χ1v) is 8.19. The van der Waals surface area contributed by atoms with Gasteiger partial charge in [-0.05, 0) is 32.6 Å². The summed E-state index contributed by atoms with van der Waals surface area (Å²) in [7, 11) is -3.52. The number of hydrogen-bond donors (Lipinski definition) is 2. The third-order valence-corrected chi connectivity index (χ3v) is 4.94. The summed E-state index contributed by atoms with van der Waals surface area (Å²) < 4.78 is 31.7. The maximum Gasteiger partial charge on any atom is 0.308 e. The van der Waals surface area contributed by atoms with Crippen molar-refractivity contribution in [1.29, 1.82) is 0 Å². The Kier molecular flexibility index (Phi) is 4.77. The molecular weight excluding hydrogens is 282 g/mol. The van der Waals surface area contributed by atoms with Crippen LogP contribution in [0.1, 0.15) is 32.6 Å². The molecule has 1 fully saturated rings. The van der Waals surface area contributed by atoms with E-state index in [1.807, 2.05) is 0 Å². The molecule has 1 aliphatic carbocycles. The second kappa shape index (κ2) is 6.36. The van der Waals surface area contributed by atoms with Crippen LogP contribution in [0.5, 0.6) is 0 Å². The fourth-order valence-electron chi connectivity index (χ4n) is 2.38. The van der Waals surface area contributed by atoms with Crippen LogP contribution in [-0.4, -0.2) is 37.2 Å². The summed E-state index contributed by atoms with van der Waals surface area (Å²) >= 11 is 0. The lowest BCUT2D eigenvalue weighted by molar-refractivity contribution is -0.149. The summed E-state index contributed by atoms with van der Waals surface area (Å²) in [6.45, 7) is 2.16. The summed E-state index contributed by atoms with van der Waals surface area (Å²) in [5.74, 6) is -0.284. The highest BCUT2D eigenvalue weighted by Gasteiger charge is 2.29. The van der Waals surface area contributed by atoms with E-state index >= 15 is 0 Å². The lowest BCUT2D eigenvalue weighted by Gasteiger charge is -2.27. The van der Waals surface area contributed by atoms with Crippen molar-refractivity contribution in [2.75, 3.05) is 6.61 Å². The molecule has 0 saturated heterocycles. The molecule has 8 heteroatoms. The van der Waals surface area contributed by atoms with Crippen LogP contribution in [-0.2, 0) is 19.6 Å². The number of H-pyrrole nitrogens is 1. The van der Waals surface area contributed by atoms with E-state index in [0.717, 1.165) is 0 Å². The molecule has 0 aliphatic heterocycles. The van der Waals surface area contributed by atoms with Crippen LogP contribution < -0.4 is 4.72 Å². The Bertz CT molecular complexity index is 533. The van der Waals surface area contributed by atoms with E-state index < -0.39 is 10.0 Å². The van der Waals surface area contributed by atoms with Crippen LogP contribution >= 0.6 is 0 Å². The molecule has 7 nitrogen and oxygen atoms in total. The minimum absolute atomic E-state index is 0.107. The Balaban J connectivity index is 1.87. The highest BCUT2D eigenvalue weighted by atomic mass is 32.2. The van der Waals surface area contributed by atoms with Gasteiger partial charge in [0, 0.05) is 12.2 Å². The standard InChI is InChI=1S/C12H19N3O4S/c1-2-19-12(16)9-3-5-10(6-4-9)15-20(17,18)11-7-13-14-8-11/h7-10,15H,2-6H2,1H3,(H,13,14). The number of sulfonamides is 1. The van der Waals surface area contributed by atoms with Gasteiger partial charge < -0.3 is 4.74 Å². The van der Waals surface area contributed by atoms with E-state index in [9.17, 15) is 13.2 Å². The van der Waals surface area contributed by atoms with Gasteiger partial charge in [0.1, 0.15) is 4.90 Å². The van der Waals surface area contributed by atoms with Crippen LogP contribution in [0.4, 0.5) is 0 Å². The first-order valence-electron chi connectivity index (χ1n) is 6.70. The molecule has 0 bridgehead atoms. The van der Waals surface area contributed by atoms with Gasteiger partial charge in [-0.2, -0.15) is 5.10 Å². The molecule has 1 aromatic rings. The number of ether oxygens (including phenoxy) is 1. The maximum atomic E-state index is 12.0. The fraction of sp³-hybridized carbons (Fsp3) is 0.667. The van der Waals surface area contributed by atoms with Crippen molar-refractivity contribution in [1.82, 2.24) is 14.9 Å². The first kappa shape index (κ1) is 15.0. The van der Waals surface area contributed by atoms with Crippen molar-refractivity contribution < 1.29 is 17.9 Å². The molecule has 0 amide bonds. The van der Waals surface area contributed by atoms with Crippen molar-refractivity contribution >= 4 is 16.0 Å². The van der Waals surface area contributed by atoms with E-state index in [4.69, 9.17) is 4.74 Å². The number of esters is 1. The Morgan fingerprint density at radius 3 is 2.70 bits per heavy atom. The molecule has 1 aromatic heterocycles. The molecule has 20 heavy (non-hydrogen) atoms. The number of nitrogens with zero attached hydrogens (tertiary/aromatic N) is 1. The van der Waals surface area contributed by atoms with Crippen LogP contribution in [0.2, 0.25) is 0 Å². The third kappa shape index (κ3) is 3.57. The largest absolute Gasteiger partial charge is 0.466 e. The Morgan fingerprint density at radius 2 is 2.15 bits per heavy atom. The SMILES string of the molecule is CCOC(=O)C1CCC(NS(=O)(=O)c2cn[nH]c2)CC1. The molecule has 1 heterocycles. The average Bonchev–Trinajstić information content (AvgIpc) is 2.94. The minimum Gasteiger partial charge on any atom is -0.466 e. The topological polar surface area (TPSA) is 101 Å². The number of carbonyl (C=O) groups is 1. The van der Waals surface area contributed by atoms with E-state index in [1.165, 1.54) is 12.4 Å². The highest BCUT2D eigenvalue weighted by molar-refractivity contribution is 7.89. The van der Waals surface area contributed by atoms with Gasteiger partial charge in [-0.3, -0.25) is 9.89 Å². The molecule has 0 unspecified atom stereocenters. The van der Waals surface area contributed by atoms with Crippen LogP contribution in [0.25, 0.3) is 0 Å². The first-order chi connectivity index (χ1) is 9.53. The fourth-order valence-corrected chi connectivity index (χ4v) is 3.59. The molecule has 1 aliphatic rings. The van der Waals surface area contributed by atoms with E-state index in [1.54, 1.807) is 6.92 Å². The van der Waals surface area contributed by atoms with E-state index in [2.05, 4.69) is 14.9 Å². The molecule has 0 aromatic carbocycles. The Morgan fingerprint density at radius 1 is 1.45 bits per heavy atom. The van der Waals surface area contributed by atoms with Gasteiger partial charge >= 0.3 is 5.97 Å². The third-order valence-electron chi connectivity index (χ3n) is 3.45. The molecule has 0 spiro atoms.